The van der Waals surface area contributed by atoms with Gasteiger partial charge in [-0.1, -0.05) is 43.7 Å². The van der Waals surface area contributed by atoms with E-state index in [1.807, 2.05) is 43.9 Å². The van der Waals surface area contributed by atoms with E-state index < -0.39 is 16.1 Å². The molecule has 0 bridgehead atoms. The SMILES string of the molecule is Cc1cccc(CS(=O)(=O)N[C@@H](CC(C)C)C(=O)N2CCCCC2)c1. The first-order valence-electron chi connectivity index (χ1n) is 9.11. The molecule has 0 spiro atoms. The maximum Gasteiger partial charge on any atom is 0.240 e. The lowest BCUT2D eigenvalue weighted by atomic mass is 10.0. The number of nitrogens with one attached hydrogen (secondary N) is 1. The summed E-state index contributed by atoms with van der Waals surface area (Å²) >= 11 is 0. The zero-order valence-electron chi connectivity index (χ0n) is 15.5. The molecule has 0 aromatic heterocycles. The standard InChI is InChI=1S/C19H30N2O3S/c1-15(2)12-18(19(22)21-10-5-4-6-11-21)20-25(23,24)14-17-9-7-8-16(3)13-17/h7-9,13,15,18,20H,4-6,10-12,14H2,1-3H3/t18-/m0/s1. The summed E-state index contributed by atoms with van der Waals surface area (Å²) in [6.45, 7) is 7.40. The van der Waals surface area contributed by atoms with Crippen LogP contribution in [0.3, 0.4) is 0 Å². The molecule has 1 amide bonds. The molecule has 1 fully saturated rings. The summed E-state index contributed by atoms with van der Waals surface area (Å²) in [5, 5.41) is 0. The van der Waals surface area contributed by atoms with Gasteiger partial charge in [-0.2, -0.15) is 0 Å². The molecule has 6 heteroatoms. The van der Waals surface area contributed by atoms with Gasteiger partial charge in [0.15, 0.2) is 0 Å². The van der Waals surface area contributed by atoms with Crippen molar-refractivity contribution < 1.29 is 13.2 Å². The van der Waals surface area contributed by atoms with Crippen LogP contribution in [0.4, 0.5) is 0 Å². The van der Waals surface area contributed by atoms with Crippen LogP contribution in [0, 0.1) is 12.8 Å². The Morgan fingerprint density at radius 1 is 1.20 bits per heavy atom. The van der Waals surface area contributed by atoms with Gasteiger partial charge in [0.05, 0.1) is 5.75 Å². The third-order valence-corrected chi connectivity index (χ3v) is 5.79. The fourth-order valence-corrected chi connectivity index (χ4v) is 4.62. The Balaban J connectivity index is 2.10. The van der Waals surface area contributed by atoms with Gasteiger partial charge in [0.2, 0.25) is 15.9 Å². The van der Waals surface area contributed by atoms with E-state index in [4.69, 9.17) is 0 Å². The minimum absolute atomic E-state index is 0.0822. The molecule has 0 unspecified atom stereocenters. The van der Waals surface area contributed by atoms with Crippen molar-refractivity contribution >= 4 is 15.9 Å². The van der Waals surface area contributed by atoms with Gasteiger partial charge in [-0.15, -0.1) is 0 Å². The Bertz CT molecular complexity index is 680. The van der Waals surface area contributed by atoms with Gasteiger partial charge in [-0.3, -0.25) is 4.79 Å². The van der Waals surface area contributed by atoms with Crippen molar-refractivity contribution in [1.82, 2.24) is 9.62 Å². The van der Waals surface area contributed by atoms with Crippen LogP contribution in [0.25, 0.3) is 0 Å². The second-order valence-corrected chi connectivity index (χ2v) is 9.19. The number of aryl methyl sites for hydroxylation is 1. The fourth-order valence-electron chi connectivity index (χ4n) is 3.29. The zero-order chi connectivity index (χ0) is 18.4. The molecular weight excluding hydrogens is 336 g/mol. The lowest BCUT2D eigenvalue weighted by Gasteiger charge is -2.31. The van der Waals surface area contributed by atoms with Crippen molar-refractivity contribution in [2.45, 2.75) is 58.2 Å². The van der Waals surface area contributed by atoms with Gasteiger partial charge < -0.3 is 4.90 Å². The molecule has 0 aliphatic carbocycles. The average Bonchev–Trinajstić information content (AvgIpc) is 2.53. The van der Waals surface area contributed by atoms with Crippen LogP contribution in [0.5, 0.6) is 0 Å². The fraction of sp³-hybridized carbons (Fsp3) is 0.632. The summed E-state index contributed by atoms with van der Waals surface area (Å²) in [4.78, 5) is 14.6. The van der Waals surface area contributed by atoms with Crippen LogP contribution in [-0.4, -0.2) is 38.4 Å². The van der Waals surface area contributed by atoms with Crippen LogP contribution in [-0.2, 0) is 20.6 Å². The molecule has 0 saturated carbocycles. The molecule has 1 aliphatic heterocycles. The Hall–Kier alpha value is -1.40. The Labute approximate surface area is 151 Å². The van der Waals surface area contributed by atoms with E-state index in [0.29, 0.717) is 6.42 Å². The molecule has 1 aromatic carbocycles. The third kappa shape index (κ3) is 6.44. The number of carbonyl (C=O) groups is 1. The van der Waals surface area contributed by atoms with E-state index in [0.717, 1.165) is 43.5 Å². The Morgan fingerprint density at radius 3 is 2.48 bits per heavy atom. The number of rotatable bonds is 7. The molecule has 1 saturated heterocycles. The number of hydrogen-bond acceptors (Lipinski definition) is 3. The number of sulfonamides is 1. The first-order chi connectivity index (χ1) is 11.8. The van der Waals surface area contributed by atoms with Gasteiger partial charge in [0.1, 0.15) is 6.04 Å². The monoisotopic (exact) mass is 366 g/mol. The molecule has 1 aromatic rings. The highest BCUT2D eigenvalue weighted by Crippen LogP contribution is 2.16. The van der Waals surface area contributed by atoms with E-state index in [1.54, 1.807) is 6.07 Å². The number of nitrogens with zero attached hydrogens (tertiary/aromatic N) is 1. The highest BCUT2D eigenvalue weighted by atomic mass is 32.2. The van der Waals surface area contributed by atoms with Gasteiger partial charge in [0, 0.05) is 13.1 Å². The Kier molecular flexibility index (Phi) is 7.02. The minimum atomic E-state index is -3.58. The first kappa shape index (κ1) is 19.9. The van der Waals surface area contributed by atoms with Gasteiger partial charge in [-0.25, -0.2) is 13.1 Å². The number of carbonyl (C=O) groups excluding carboxylic acids is 1. The van der Waals surface area contributed by atoms with Gasteiger partial charge in [0.25, 0.3) is 0 Å². The Morgan fingerprint density at radius 2 is 1.88 bits per heavy atom. The molecule has 5 nitrogen and oxygen atoms in total. The van der Waals surface area contributed by atoms with E-state index >= 15 is 0 Å². The summed E-state index contributed by atoms with van der Waals surface area (Å²) in [5.41, 5.74) is 1.76. The molecule has 1 aliphatic rings. The molecule has 1 atom stereocenters. The first-order valence-corrected chi connectivity index (χ1v) is 10.8. The molecule has 25 heavy (non-hydrogen) atoms. The molecule has 1 N–H and O–H groups in total. The number of amides is 1. The van der Waals surface area contributed by atoms with Crippen LogP contribution < -0.4 is 4.72 Å². The molecule has 1 heterocycles. The largest absolute Gasteiger partial charge is 0.341 e. The van der Waals surface area contributed by atoms with E-state index in [2.05, 4.69) is 4.72 Å². The second kappa shape index (κ2) is 8.81. The number of likely N-dealkylation sites (tertiary alicyclic amines) is 1. The number of hydrogen-bond donors (Lipinski definition) is 1. The van der Waals surface area contributed by atoms with Crippen molar-refractivity contribution in [1.29, 1.82) is 0 Å². The lowest BCUT2D eigenvalue weighted by molar-refractivity contribution is -0.134. The summed E-state index contributed by atoms with van der Waals surface area (Å²) < 4.78 is 27.9. The van der Waals surface area contributed by atoms with Crippen LogP contribution in [0.2, 0.25) is 0 Å². The lowest BCUT2D eigenvalue weighted by Crippen LogP contribution is -2.50. The third-order valence-electron chi connectivity index (χ3n) is 4.43. The quantitative estimate of drug-likeness (QED) is 0.807. The zero-order valence-corrected chi connectivity index (χ0v) is 16.3. The van der Waals surface area contributed by atoms with Crippen molar-refractivity contribution in [3.63, 3.8) is 0 Å². The number of piperidine rings is 1. The molecule has 140 valence electrons. The maximum absolute atomic E-state index is 12.8. The van der Waals surface area contributed by atoms with Crippen molar-refractivity contribution in [3.05, 3.63) is 35.4 Å². The molecule has 0 radical (unpaired) electrons. The average molecular weight is 367 g/mol. The van der Waals surface area contributed by atoms with Crippen LogP contribution in [0.1, 0.15) is 50.7 Å². The minimum Gasteiger partial charge on any atom is -0.341 e. The van der Waals surface area contributed by atoms with E-state index in [-0.39, 0.29) is 17.6 Å². The van der Waals surface area contributed by atoms with Crippen molar-refractivity contribution in [3.8, 4) is 0 Å². The predicted octanol–water partition coefficient (Wildman–Crippen LogP) is 2.84. The highest BCUT2D eigenvalue weighted by Gasteiger charge is 2.29. The van der Waals surface area contributed by atoms with E-state index in [9.17, 15) is 13.2 Å². The normalized spacial score (nSPS) is 16.9. The van der Waals surface area contributed by atoms with E-state index in [1.165, 1.54) is 0 Å². The number of benzene rings is 1. The molecule has 2 rings (SSSR count). The summed E-state index contributed by atoms with van der Waals surface area (Å²) in [6, 6.07) is 6.78. The summed E-state index contributed by atoms with van der Waals surface area (Å²) in [7, 11) is -3.58. The van der Waals surface area contributed by atoms with Crippen molar-refractivity contribution in [2.75, 3.05) is 13.1 Å². The van der Waals surface area contributed by atoms with Crippen molar-refractivity contribution in [2.24, 2.45) is 5.92 Å². The van der Waals surface area contributed by atoms with Crippen LogP contribution >= 0.6 is 0 Å². The summed E-state index contributed by atoms with van der Waals surface area (Å²) in [5.74, 6) is 0.0536. The van der Waals surface area contributed by atoms with Gasteiger partial charge in [-0.05, 0) is 44.1 Å². The molecular formula is C19H30N2O3S. The highest BCUT2D eigenvalue weighted by molar-refractivity contribution is 7.88. The second-order valence-electron chi connectivity index (χ2n) is 7.43. The van der Waals surface area contributed by atoms with Gasteiger partial charge >= 0.3 is 0 Å². The summed E-state index contributed by atoms with van der Waals surface area (Å²) in [6.07, 6.45) is 3.65. The predicted molar refractivity (Wildman–Crippen MR) is 101 cm³/mol. The smallest absolute Gasteiger partial charge is 0.240 e. The van der Waals surface area contributed by atoms with Crippen LogP contribution in [0.15, 0.2) is 24.3 Å². The maximum atomic E-state index is 12.8. The topological polar surface area (TPSA) is 66.5 Å².